The monoisotopic (exact) mass is 239 g/mol. The third kappa shape index (κ3) is 2.55. The van der Waals surface area contributed by atoms with Gasteiger partial charge in [-0.3, -0.25) is 4.79 Å². The number of pyridine rings is 1. The van der Waals surface area contributed by atoms with Crippen LogP contribution in [-0.2, 0) is 6.18 Å². The van der Waals surface area contributed by atoms with Gasteiger partial charge >= 0.3 is 6.18 Å². The molecule has 2 rings (SSSR count). The maximum absolute atomic E-state index is 12.3. The molecule has 1 aromatic heterocycles. The van der Waals surface area contributed by atoms with Gasteiger partial charge in [0, 0.05) is 30.2 Å². The highest BCUT2D eigenvalue weighted by molar-refractivity contribution is 5.35. The van der Waals surface area contributed by atoms with E-state index in [4.69, 9.17) is 0 Å². The van der Waals surface area contributed by atoms with Crippen LogP contribution in [0.3, 0.4) is 0 Å². The first kappa shape index (κ1) is 11.4. The molecule has 0 radical (unpaired) electrons. The van der Waals surface area contributed by atoms with Gasteiger partial charge in [0.25, 0.3) is 0 Å². The van der Waals surface area contributed by atoms with E-state index < -0.39 is 11.7 Å². The van der Waals surface area contributed by atoms with Crippen LogP contribution in [0.2, 0.25) is 0 Å². The average molecular weight is 239 g/mol. The van der Waals surface area contributed by atoms with Crippen molar-refractivity contribution in [2.24, 2.45) is 0 Å². The average Bonchev–Trinajstić information content (AvgIpc) is 2.29. The zero-order valence-corrected chi connectivity index (χ0v) is 8.61. The van der Waals surface area contributed by atoms with Crippen molar-refractivity contribution < 1.29 is 13.2 Å². The number of benzene rings is 1. The van der Waals surface area contributed by atoms with Gasteiger partial charge in [0.05, 0.1) is 5.56 Å². The van der Waals surface area contributed by atoms with Crippen LogP contribution in [0.1, 0.15) is 5.56 Å². The highest BCUT2D eigenvalue weighted by Crippen LogP contribution is 2.29. The van der Waals surface area contributed by atoms with Crippen LogP contribution < -0.4 is 5.43 Å². The third-order valence-electron chi connectivity index (χ3n) is 2.29. The molecular weight excluding hydrogens is 231 g/mol. The summed E-state index contributed by atoms with van der Waals surface area (Å²) >= 11 is 0. The Bertz CT molecular complexity index is 549. The highest BCUT2D eigenvalue weighted by atomic mass is 19.4. The van der Waals surface area contributed by atoms with Crippen molar-refractivity contribution in [3.8, 4) is 5.69 Å². The minimum atomic E-state index is -4.33. The van der Waals surface area contributed by atoms with Gasteiger partial charge in [-0.25, -0.2) is 0 Å². The van der Waals surface area contributed by atoms with Crippen molar-refractivity contribution in [3.63, 3.8) is 0 Å². The molecule has 5 heteroatoms. The fourth-order valence-corrected chi connectivity index (χ4v) is 1.41. The number of hydrogen-bond donors (Lipinski definition) is 0. The summed E-state index contributed by atoms with van der Waals surface area (Å²) in [5, 5.41) is 0. The van der Waals surface area contributed by atoms with E-state index >= 15 is 0 Å². The maximum atomic E-state index is 12.3. The molecule has 0 amide bonds. The van der Waals surface area contributed by atoms with Crippen LogP contribution in [0.15, 0.2) is 53.6 Å². The molecule has 0 aliphatic heterocycles. The number of aromatic nitrogens is 1. The molecule has 1 heterocycles. The second-order valence-electron chi connectivity index (χ2n) is 3.49. The molecule has 0 aliphatic carbocycles. The Morgan fingerprint density at radius 1 is 0.882 bits per heavy atom. The molecule has 0 unspecified atom stereocenters. The van der Waals surface area contributed by atoms with Crippen molar-refractivity contribution in [2.75, 3.05) is 0 Å². The molecule has 0 saturated heterocycles. The van der Waals surface area contributed by atoms with Gasteiger partial charge in [0.1, 0.15) is 0 Å². The first-order chi connectivity index (χ1) is 7.97. The second kappa shape index (κ2) is 4.08. The highest BCUT2D eigenvalue weighted by Gasteiger charge is 2.29. The van der Waals surface area contributed by atoms with E-state index in [1.54, 1.807) is 4.57 Å². The molecule has 1 aromatic carbocycles. The van der Waals surface area contributed by atoms with Gasteiger partial charge in [-0.15, -0.1) is 0 Å². The Labute approximate surface area is 94.9 Å². The molecular formula is C12H8F3NO. The van der Waals surface area contributed by atoms with Crippen molar-refractivity contribution in [3.05, 3.63) is 64.6 Å². The molecule has 0 spiro atoms. The van der Waals surface area contributed by atoms with E-state index in [0.717, 1.165) is 12.1 Å². The number of halogens is 3. The first-order valence-electron chi connectivity index (χ1n) is 4.83. The van der Waals surface area contributed by atoms with Crippen LogP contribution in [0.5, 0.6) is 0 Å². The topological polar surface area (TPSA) is 22.0 Å². The normalized spacial score (nSPS) is 11.5. The van der Waals surface area contributed by atoms with Gasteiger partial charge in [-0.2, -0.15) is 13.2 Å². The second-order valence-corrected chi connectivity index (χ2v) is 3.49. The lowest BCUT2D eigenvalue weighted by atomic mass is 10.2. The fraction of sp³-hybridized carbons (Fsp3) is 0.0833. The lowest BCUT2D eigenvalue weighted by Gasteiger charge is -2.09. The molecule has 88 valence electrons. The van der Waals surface area contributed by atoms with Crippen molar-refractivity contribution in [2.45, 2.75) is 6.18 Å². The van der Waals surface area contributed by atoms with E-state index in [0.29, 0.717) is 5.69 Å². The quantitative estimate of drug-likeness (QED) is 0.750. The maximum Gasteiger partial charge on any atom is 0.416 e. The predicted octanol–water partition coefficient (Wildman–Crippen LogP) is 2.86. The fourth-order valence-electron chi connectivity index (χ4n) is 1.41. The van der Waals surface area contributed by atoms with Crippen molar-refractivity contribution in [1.82, 2.24) is 4.57 Å². The SMILES string of the molecule is O=c1ccn(-c2ccc(C(F)(F)F)cc2)cc1. The summed E-state index contributed by atoms with van der Waals surface area (Å²) in [4.78, 5) is 10.9. The lowest BCUT2D eigenvalue weighted by molar-refractivity contribution is -0.137. The lowest BCUT2D eigenvalue weighted by Crippen LogP contribution is -2.05. The summed E-state index contributed by atoms with van der Waals surface area (Å²) in [7, 11) is 0. The van der Waals surface area contributed by atoms with Gasteiger partial charge in [0.2, 0.25) is 0 Å². The number of alkyl halides is 3. The predicted molar refractivity (Wildman–Crippen MR) is 57.0 cm³/mol. The number of hydrogen-bond acceptors (Lipinski definition) is 1. The van der Waals surface area contributed by atoms with Crippen LogP contribution in [-0.4, -0.2) is 4.57 Å². The standard InChI is InChI=1S/C12H8F3NO/c13-12(14,15)9-1-3-10(4-2-9)16-7-5-11(17)6-8-16/h1-8H. The minimum absolute atomic E-state index is 0.145. The Morgan fingerprint density at radius 3 is 1.88 bits per heavy atom. The molecule has 17 heavy (non-hydrogen) atoms. The molecule has 0 bridgehead atoms. The summed E-state index contributed by atoms with van der Waals surface area (Å²) in [5.41, 5.74) is -0.270. The Morgan fingerprint density at radius 2 is 1.41 bits per heavy atom. The van der Waals surface area contributed by atoms with Gasteiger partial charge < -0.3 is 4.57 Å². The Hall–Kier alpha value is -2.04. The van der Waals surface area contributed by atoms with E-state index in [1.165, 1.54) is 36.7 Å². The van der Waals surface area contributed by atoms with E-state index in [2.05, 4.69) is 0 Å². The van der Waals surface area contributed by atoms with Crippen molar-refractivity contribution >= 4 is 0 Å². The minimum Gasteiger partial charge on any atom is -0.324 e. The Balaban J connectivity index is 2.36. The molecule has 2 aromatic rings. The van der Waals surface area contributed by atoms with Gasteiger partial charge in [0.15, 0.2) is 5.43 Å². The third-order valence-corrected chi connectivity index (χ3v) is 2.29. The largest absolute Gasteiger partial charge is 0.416 e. The molecule has 0 atom stereocenters. The summed E-state index contributed by atoms with van der Waals surface area (Å²) < 4.78 is 38.6. The van der Waals surface area contributed by atoms with Crippen molar-refractivity contribution in [1.29, 1.82) is 0 Å². The van der Waals surface area contributed by atoms with Crippen LogP contribution in [0, 0.1) is 0 Å². The van der Waals surface area contributed by atoms with Crippen LogP contribution in [0.25, 0.3) is 5.69 Å². The zero-order chi connectivity index (χ0) is 12.5. The molecule has 0 saturated carbocycles. The molecule has 2 nitrogen and oxygen atoms in total. The van der Waals surface area contributed by atoms with E-state index in [9.17, 15) is 18.0 Å². The van der Waals surface area contributed by atoms with Crippen LogP contribution in [0.4, 0.5) is 13.2 Å². The molecule has 0 aliphatic rings. The zero-order valence-electron chi connectivity index (χ0n) is 8.61. The summed E-state index contributed by atoms with van der Waals surface area (Å²) in [5.74, 6) is 0. The van der Waals surface area contributed by atoms with Gasteiger partial charge in [-0.05, 0) is 24.3 Å². The first-order valence-corrected chi connectivity index (χ1v) is 4.83. The van der Waals surface area contributed by atoms with E-state index in [-0.39, 0.29) is 5.43 Å². The number of nitrogens with zero attached hydrogens (tertiary/aromatic N) is 1. The summed E-state index contributed by atoms with van der Waals surface area (Å²) in [6.07, 6.45) is -1.32. The summed E-state index contributed by atoms with van der Waals surface area (Å²) in [6, 6.07) is 7.41. The summed E-state index contributed by atoms with van der Waals surface area (Å²) in [6.45, 7) is 0. The molecule has 0 N–H and O–H groups in total. The van der Waals surface area contributed by atoms with E-state index in [1.807, 2.05) is 0 Å². The van der Waals surface area contributed by atoms with Crippen LogP contribution >= 0.6 is 0 Å². The number of rotatable bonds is 1. The van der Waals surface area contributed by atoms with Gasteiger partial charge in [-0.1, -0.05) is 0 Å². The Kier molecular flexibility index (Phi) is 2.75. The molecule has 0 fully saturated rings. The smallest absolute Gasteiger partial charge is 0.324 e.